The molecule has 1 unspecified atom stereocenters. The van der Waals surface area contributed by atoms with Gasteiger partial charge in [-0.1, -0.05) is 22.0 Å². The van der Waals surface area contributed by atoms with E-state index >= 15 is 0 Å². The molecule has 0 aliphatic carbocycles. The highest BCUT2D eigenvalue weighted by atomic mass is 127. The minimum absolute atomic E-state index is 0.102. The fraction of sp³-hybridized carbons (Fsp3) is 0.250. The fourth-order valence-corrected chi connectivity index (χ4v) is 3.47. The van der Waals surface area contributed by atoms with Gasteiger partial charge in [-0.3, -0.25) is 0 Å². The smallest absolute Gasteiger partial charge is 0.161 e. The minimum atomic E-state index is 0.102. The number of rotatable bonds is 3. The Morgan fingerprint density at radius 3 is 2.62 bits per heavy atom. The van der Waals surface area contributed by atoms with Gasteiger partial charge in [0.1, 0.15) is 13.2 Å². The Morgan fingerprint density at radius 1 is 1.10 bits per heavy atom. The van der Waals surface area contributed by atoms with Crippen LogP contribution in [0.4, 0.5) is 0 Å². The Morgan fingerprint density at radius 2 is 1.86 bits per heavy atom. The number of fused-ring (bicyclic) bond motifs is 1. The van der Waals surface area contributed by atoms with Crippen LogP contribution in [0, 0.1) is 3.57 Å². The zero-order chi connectivity index (χ0) is 14.8. The first-order valence-corrected chi connectivity index (χ1v) is 8.58. The summed E-state index contributed by atoms with van der Waals surface area (Å²) in [5, 5.41) is 3.38. The van der Waals surface area contributed by atoms with E-state index in [0.29, 0.717) is 13.2 Å². The number of hydrogen-bond donors (Lipinski definition) is 1. The van der Waals surface area contributed by atoms with Gasteiger partial charge in [-0.15, -0.1) is 0 Å². The lowest BCUT2D eigenvalue weighted by molar-refractivity contribution is 0.171. The van der Waals surface area contributed by atoms with Gasteiger partial charge in [-0.05, 0) is 71.1 Å². The number of nitrogens with one attached hydrogen (secondary N) is 1. The summed E-state index contributed by atoms with van der Waals surface area (Å²) < 4.78 is 13.6. The first-order chi connectivity index (χ1) is 10.2. The van der Waals surface area contributed by atoms with Gasteiger partial charge in [0.25, 0.3) is 0 Å². The Kier molecular flexibility index (Phi) is 4.71. The molecule has 3 nitrogen and oxygen atoms in total. The maximum absolute atomic E-state index is 5.68. The summed E-state index contributed by atoms with van der Waals surface area (Å²) in [5.74, 6) is 1.64. The second kappa shape index (κ2) is 6.54. The van der Waals surface area contributed by atoms with Crippen LogP contribution in [0.5, 0.6) is 11.5 Å². The molecule has 21 heavy (non-hydrogen) atoms. The van der Waals surface area contributed by atoms with Gasteiger partial charge in [-0.25, -0.2) is 0 Å². The van der Waals surface area contributed by atoms with Crippen molar-refractivity contribution in [3.8, 4) is 11.5 Å². The van der Waals surface area contributed by atoms with Crippen molar-refractivity contribution in [1.82, 2.24) is 5.32 Å². The molecule has 0 bridgehead atoms. The molecule has 0 aromatic heterocycles. The molecule has 2 aromatic rings. The molecule has 1 aliphatic rings. The first-order valence-electron chi connectivity index (χ1n) is 6.71. The molecule has 0 saturated heterocycles. The van der Waals surface area contributed by atoms with Gasteiger partial charge in [0.05, 0.1) is 6.04 Å². The topological polar surface area (TPSA) is 30.5 Å². The standard InChI is InChI=1S/C16H15BrINO2/c1-19-16(12-9-11(18)3-4-13(12)17)10-2-5-14-15(8-10)21-7-6-20-14/h2-5,8-9,16,19H,6-7H2,1H3. The molecule has 0 spiro atoms. The summed E-state index contributed by atoms with van der Waals surface area (Å²) in [6.45, 7) is 1.22. The summed E-state index contributed by atoms with van der Waals surface area (Å²) in [4.78, 5) is 0. The van der Waals surface area contributed by atoms with Crippen LogP contribution >= 0.6 is 38.5 Å². The Hall–Kier alpha value is -0.790. The van der Waals surface area contributed by atoms with Gasteiger partial charge < -0.3 is 14.8 Å². The van der Waals surface area contributed by atoms with Crippen molar-refractivity contribution in [1.29, 1.82) is 0 Å². The molecule has 0 amide bonds. The Balaban J connectivity index is 2.01. The third-order valence-electron chi connectivity index (χ3n) is 3.46. The van der Waals surface area contributed by atoms with E-state index in [1.807, 2.05) is 13.1 Å². The molecular formula is C16H15BrINO2. The van der Waals surface area contributed by atoms with E-state index in [0.717, 1.165) is 21.5 Å². The zero-order valence-electron chi connectivity index (χ0n) is 11.5. The lowest BCUT2D eigenvalue weighted by atomic mass is 9.98. The third kappa shape index (κ3) is 3.19. The van der Waals surface area contributed by atoms with Crippen molar-refractivity contribution < 1.29 is 9.47 Å². The maximum atomic E-state index is 5.68. The highest BCUT2D eigenvalue weighted by Crippen LogP contribution is 2.36. The van der Waals surface area contributed by atoms with Crippen LogP contribution in [0.15, 0.2) is 40.9 Å². The summed E-state index contributed by atoms with van der Waals surface area (Å²) in [7, 11) is 1.97. The molecular weight excluding hydrogens is 445 g/mol. The van der Waals surface area contributed by atoms with E-state index in [2.05, 4.69) is 74.2 Å². The molecule has 1 N–H and O–H groups in total. The monoisotopic (exact) mass is 459 g/mol. The van der Waals surface area contributed by atoms with E-state index in [1.165, 1.54) is 9.13 Å². The second-order valence-electron chi connectivity index (χ2n) is 4.79. The van der Waals surface area contributed by atoms with Crippen LogP contribution in [0.25, 0.3) is 0 Å². The number of hydrogen-bond acceptors (Lipinski definition) is 3. The molecule has 1 aliphatic heterocycles. The van der Waals surface area contributed by atoms with Gasteiger partial charge in [0.15, 0.2) is 11.5 Å². The predicted molar refractivity (Wildman–Crippen MR) is 95.2 cm³/mol. The molecule has 5 heteroatoms. The molecule has 3 rings (SSSR count). The minimum Gasteiger partial charge on any atom is -0.486 e. The molecule has 1 atom stereocenters. The van der Waals surface area contributed by atoms with E-state index in [1.54, 1.807) is 0 Å². The molecule has 2 aromatic carbocycles. The predicted octanol–water partition coefficient (Wildman–Crippen LogP) is 4.13. The lowest BCUT2D eigenvalue weighted by Crippen LogP contribution is -2.20. The van der Waals surface area contributed by atoms with Gasteiger partial charge >= 0.3 is 0 Å². The highest BCUT2D eigenvalue weighted by Gasteiger charge is 2.19. The lowest BCUT2D eigenvalue weighted by Gasteiger charge is -2.23. The largest absolute Gasteiger partial charge is 0.486 e. The molecule has 0 saturated carbocycles. The highest BCUT2D eigenvalue weighted by molar-refractivity contribution is 14.1. The number of ether oxygens (including phenoxy) is 2. The van der Waals surface area contributed by atoms with E-state index in [-0.39, 0.29) is 6.04 Å². The average molecular weight is 460 g/mol. The SMILES string of the molecule is CNC(c1ccc2c(c1)OCCO2)c1cc(I)ccc1Br. The molecule has 0 radical (unpaired) electrons. The van der Waals surface area contributed by atoms with Crippen molar-refractivity contribution in [3.05, 3.63) is 55.6 Å². The summed E-state index contributed by atoms with van der Waals surface area (Å²) >= 11 is 5.98. The van der Waals surface area contributed by atoms with Crippen LogP contribution < -0.4 is 14.8 Å². The first kappa shape index (κ1) is 15.1. The van der Waals surface area contributed by atoms with E-state index in [9.17, 15) is 0 Å². The zero-order valence-corrected chi connectivity index (χ0v) is 15.3. The van der Waals surface area contributed by atoms with Crippen molar-refractivity contribution in [2.75, 3.05) is 20.3 Å². The number of benzene rings is 2. The molecule has 110 valence electrons. The van der Waals surface area contributed by atoms with Gasteiger partial charge in [-0.2, -0.15) is 0 Å². The van der Waals surface area contributed by atoms with Gasteiger partial charge in [0, 0.05) is 8.04 Å². The maximum Gasteiger partial charge on any atom is 0.161 e. The quantitative estimate of drug-likeness (QED) is 0.700. The third-order valence-corrected chi connectivity index (χ3v) is 4.85. The summed E-state index contributed by atoms with van der Waals surface area (Å²) in [6, 6.07) is 12.6. The molecule has 1 heterocycles. The van der Waals surface area contributed by atoms with E-state index in [4.69, 9.17) is 9.47 Å². The summed E-state index contributed by atoms with van der Waals surface area (Å²) in [6.07, 6.45) is 0. The fourth-order valence-electron chi connectivity index (χ4n) is 2.48. The van der Waals surface area contributed by atoms with Crippen LogP contribution in [-0.4, -0.2) is 20.3 Å². The average Bonchev–Trinajstić information content (AvgIpc) is 2.51. The van der Waals surface area contributed by atoms with Crippen LogP contribution in [0.2, 0.25) is 0 Å². The van der Waals surface area contributed by atoms with Crippen LogP contribution in [0.1, 0.15) is 17.2 Å². The van der Waals surface area contributed by atoms with E-state index < -0.39 is 0 Å². The van der Waals surface area contributed by atoms with Crippen molar-refractivity contribution in [3.63, 3.8) is 0 Å². The molecule has 0 fully saturated rings. The van der Waals surface area contributed by atoms with Gasteiger partial charge in [0.2, 0.25) is 0 Å². The summed E-state index contributed by atoms with van der Waals surface area (Å²) in [5.41, 5.74) is 2.37. The van der Waals surface area contributed by atoms with Crippen molar-refractivity contribution in [2.45, 2.75) is 6.04 Å². The van der Waals surface area contributed by atoms with Crippen molar-refractivity contribution in [2.24, 2.45) is 0 Å². The van der Waals surface area contributed by atoms with Crippen LogP contribution in [-0.2, 0) is 0 Å². The Labute approximate surface area is 146 Å². The normalized spacial score (nSPS) is 14.8. The Bertz CT molecular complexity index is 663. The second-order valence-corrected chi connectivity index (χ2v) is 6.89. The van der Waals surface area contributed by atoms with Crippen LogP contribution in [0.3, 0.4) is 0 Å². The van der Waals surface area contributed by atoms with Crippen molar-refractivity contribution >= 4 is 38.5 Å². The number of halogens is 2.